The minimum atomic E-state index is -0.583. The molecule has 2 N–H and O–H groups in total. The lowest BCUT2D eigenvalue weighted by Gasteiger charge is -2.22. The first-order valence-electron chi connectivity index (χ1n) is 9.41. The Bertz CT molecular complexity index is 981. The molecule has 1 heterocycles. The molecule has 27 heavy (non-hydrogen) atoms. The fourth-order valence-electron chi connectivity index (χ4n) is 4.15. The van der Waals surface area contributed by atoms with Crippen molar-refractivity contribution in [1.29, 1.82) is 5.26 Å². The third-order valence-corrected chi connectivity index (χ3v) is 5.42. The third-order valence-electron chi connectivity index (χ3n) is 5.42. The molecule has 0 radical (unpaired) electrons. The first kappa shape index (κ1) is 17.3. The molecule has 1 aromatic heterocycles. The lowest BCUT2D eigenvalue weighted by atomic mass is 9.81. The summed E-state index contributed by atoms with van der Waals surface area (Å²) < 4.78 is 5.56. The smallest absolute Gasteiger partial charge is 0.265 e. The van der Waals surface area contributed by atoms with Crippen molar-refractivity contribution < 1.29 is 14.4 Å². The molecule has 0 bridgehead atoms. The van der Waals surface area contributed by atoms with Crippen molar-refractivity contribution in [1.82, 2.24) is 10.5 Å². The van der Waals surface area contributed by atoms with E-state index >= 15 is 0 Å². The lowest BCUT2D eigenvalue weighted by molar-refractivity contribution is -0.117. The zero-order chi connectivity index (χ0) is 19.0. The van der Waals surface area contributed by atoms with Crippen molar-refractivity contribution in [3.63, 3.8) is 0 Å². The molecule has 0 aliphatic heterocycles. The molecule has 0 spiro atoms. The highest BCUT2D eigenvalue weighted by atomic mass is 16.5. The molecule has 1 unspecified atom stereocenters. The standard InChI is InChI=1S/C21H21N3O3/c1-2-3-10-23-21(26)15(11-22)19(25)18-17-13-8-4-6-12-7-5-9-14(16(12)13)20(17)27-24-18/h5,7,9,13,25H,2-4,6,8,10H2,1H3,(H,23,26)/b19-15-. The average Bonchev–Trinajstić information content (AvgIpc) is 3.24. The maximum absolute atomic E-state index is 12.3. The van der Waals surface area contributed by atoms with E-state index in [1.54, 1.807) is 0 Å². The number of aliphatic hydroxyl groups excluding tert-OH is 1. The molecule has 1 atom stereocenters. The molecule has 138 valence electrons. The van der Waals surface area contributed by atoms with Gasteiger partial charge in [0.1, 0.15) is 6.07 Å². The number of fused-ring (bicyclic) bond motifs is 3. The topological polar surface area (TPSA) is 99.2 Å². The number of nitrogens with zero attached hydrogens (tertiary/aromatic N) is 2. The number of amides is 1. The number of benzene rings is 1. The summed E-state index contributed by atoms with van der Waals surface area (Å²) in [6.07, 6.45) is 4.74. The highest BCUT2D eigenvalue weighted by molar-refractivity contribution is 6.03. The van der Waals surface area contributed by atoms with Crippen LogP contribution in [-0.4, -0.2) is 22.7 Å². The van der Waals surface area contributed by atoms with Crippen LogP contribution < -0.4 is 5.32 Å². The summed E-state index contributed by atoms with van der Waals surface area (Å²) in [5, 5.41) is 26.8. The van der Waals surface area contributed by atoms with Gasteiger partial charge < -0.3 is 14.9 Å². The van der Waals surface area contributed by atoms with Gasteiger partial charge >= 0.3 is 0 Å². The predicted octanol–water partition coefficient (Wildman–Crippen LogP) is 3.83. The van der Waals surface area contributed by atoms with E-state index in [0.717, 1.165) is 43.2 Å². The monoisotopic (exact) mass is 363 g/mol. The van der Waals surface area contributed by atoms with E-state index in [1.807, 2.05) is 25.1 Å². The van der Waals surface area contributed by atoms with Crippen molar-refractivity contribution in [2.24, 2.45) is 0 Å². The van der Waals surface area contributed by atoms with Gasteiger partial charge in [-0.25, -0.2) is 0 Å². The number of nitrogens with one attached hydrogen (secondary N) is 1. The maximum atomic E-state index is 12.3. The van der Waals surface area contributed by atoms with Gasteiger partial charge in [-0.15, -0.1) is 0 Å². The van der Waals surface area contributed by atoms with E-state index in [9.17, 15) is 15.2 Å². The molecule has 1 aromatic carbocycles. The highest BCUT2D eigenvalue weighted by Gasteiger charge is 2.40. The molecule has 0 saturated heterocycles. The van der Waals surface area contributed by atoms with Gasteiger partial charge in [-0.3, -0.25) is 4.79 Å². The summed E-state index contributed by atoms with van der Waals surface area (Å²) in [5.74, 6) is -0.258. The highest BCUT2D eigenvalue weighted by Crippen LogP contribution is 2.52. The van der Waals surface area contributed by atoms with Crippen LogP contribution in [0, 0.1) is 11.3 Å². The second kappa shape index (κ2) is 6.92. The summed E-state index contributed by atoms with van der Waals surface area (Å²) in [5.41, 5.74) is 4.21. The molecule has 2 aliphatic carbocycles. The normalized spacial score (nSPS) is 17.6. The van der Waals surface area contributed by atoms with Crippen LogP contribution in [0.2, 0.25) is 0 Å². The third kappa shape index (κ3) is 2.71. The second-order valence-electron chi connectivity index (χ2n) is 7.04. The summed E-state index contributed by atoms with van der Waals surface area (Å²) in [4.78, 5) is 12.3. The Morgan fingerprint density at radius 1 is 1.44 bits per heavy atom. The van der Waals surface area contributed by atoms with Crippen LogP contribution in [0.1, 0.15) is 60.9 Å². The molecule has 1 amide bonds. The second-order valence-corrected chi connectivity index (χ2v) is 7.04. The summed E-state index contributed by atoms with van der Waals surface area (Å²) in [6.45, 7) is 2.47. The van der Waals surface area contributed by atoms with Gasteiger partial charge in [0.05, 0.1) is 0 Å². The quantitative estimate of drug-likeness (QED) is 0.364. The molecule has 0 fully saturated rings. The molecule has 6 nitrogen and oxygen atoms in total. The Balaban J connectivity index is 1.76. The van der Waals surface area contributed by atoms with Crippen LogP contribution in [0.15, 0.2) is 28.3 Å². The molecule has 6 heteroatoms. The first-order chi connectivity index (χ1) is 13.2. The molecule has 2 aromatic rings. The molecular weight excluding hydrogens is 342 g/mol. The van der Waals surface area contributed by atoms with Gasteiger partial charge in [0.15, 0.2) is 22.8 Å². The van der Waals surface area contributed by atoms with Gasteiger partial charge in [0, 0.05) is 23.6 Å². The summed E-state index contributed by atoms with van der Waals surface area (Å²) in [6, 6.07) is 7.96. The lowest BCUT2D eigenvalue weighted by Crippen LogP contribution is -2.26. The maximum Gasteiger partial charge on any atom is 0.265 e. The van der Waals surface area contributed by atoms with E-state index in [4.69, 9.17) is 4.52 Å². The van der Waals surface area contributed by atoms with Gasteiger partial charge in [0.2, 0.25) is 0 Å². The number of aliphatic hydroxyl groups is 1. The largest absolute Gasteiger partial charge is 0.504 e. The number of hydrogen-bond acceptors (Lipinski definition) is 5. The first-order valence-corrected chi connectivity index (χ1v) is 9.41. The van der Waals surface area contributed by atoms with E-state index < -0.39 is 11.7 Å². The number of carbonyl (C=O) groups excluding carboxylic acids is 1. The van der Waals surface area contributed by atoms with Crippen molar-refractivity contribution >= 4 is 11.7 Å². The number of aromatic nitrogens is 1. The van der Waals surface area contributed by atoms with Crippen LogP contribution in [0.5, 0.6) is 0 Å². The zero-order valence-electron chi connectivity index (χ0n) is 15.2. The van der Waals surface area contributed by atoms with Crippen LogP contribution in [0.25, 0.3) is 17.1 Å². The minimum absolute atomic E-state index is 0.0893. The number of aryl methyl sites for hydroxylation is 1. The van der Waals surface area contributed by atoms with Crippen LogP contribution in [0.4, 0.5) is 0 Å². The molecule has 2 aliphatic rings. The minimum Gasteiger partial charge on any atom is -0.504 e. The van der Waals surface area contributed by atoms with Gasteiger partial charge in [-0.1, -0.05) is 36.7 Å². The molecule has 4 rings (SSSR count). The summed E-state index contributed by atoms with van der Waals surface area (Å²) >= 11 is 0. The van der Waals surface area contributed by atoms with Crippen LogP contribution in [0.3, 0.4) is 0 Å². The van der Waals surface area contributed by atoms with E-state index in [0.29, 0.717) is 12.3 Å². The number of unbranched alkanes of at least 4 members (excludes halogenated alkanes) is 1. The fourth-order valence-corrected chi connectivity index (χ4v) is 4.15. The number of hydrogen-bond donors (Lipinski definition) is 2. The Labute approximate surface area is 157 Å². The SMILES string of the molecule is CCCCNC(=O)/C(C#N)=C(\O)c1noc2c1C1CCCc3cccc-2c31. The number of carbonyl (C=O) groups is 1. The molecule has 0 saturated carbocycles. The fraction of sp³-hybridized carbons (Fsp3) is 0.381. The Morgan fingerprint density at radius 2 is 2.30 bits per heavy atom. The van der Waals surface area contributed by atoms with Crippen LogP contribution in [-0.2, 0) is 11.2 Å². The Kier molecular flexibility index (Phi) is 4.44. The number of rotatable bonds is 5. The predicted molar refractivity (Wildman–Crippen MR) is 99.8 cm³/mol. The van der Waals surface area contributed by atoms with Gasteiger partial charge in [-0.2, -0.15) is 5.26 Å². The van der Waals surface area contributed by atoms with Crippen molar-refractivity contribution in [3.8, 4) is 17.4 Å². The Hall–Kier alpha value is -3.07. The average molecular weight is 363 g/mol. The Morgan fingerprint density at radius 3 is 3.07 bits per heavy atom. The van der Waals surface area contributed by atoms with E-state index in [1.165, 1.54) is 11.1 Å². The zero-order valence-corrected chi connectivity index (χ0v) is 15.2. The van der Waals surface area contributed by atoms with Gasteiger partial charge in [0.25, 0.3) is 5.91 Å². The van der Waals surface area contributed by atoms with E-state index in [-0.39, 0.29) is 17.2 Å². The van der Waals surface area contributed by atoms with E-state index in [2.05, 4.69) is 16.5 Å². The molecular formula is C21H21N3O3. The van der Waals surface area contributed by atoms with Crippen LogP contribution >= 0.6 is 0 Å². The van der Waals surface area contributed by atoms with Crippen molar-refractivity contribution in [2.45, 2.75) is 44.9 Å². The van der Waals surface area contributed by atoms with Gasteiger partial charge in [-0.05, 0) is 36.8 Å². The number of nitriles is 1. The van der Waals surface area contributed by atoms with Crippen molar-refractivity contribution in [3.05, 3.63) is 46.2 Å². The van der Waals surface area contributed by atoms with Crippen molar-refractivity contribution in [2.75, 3.05) is 6.54 Å². The summed E-state index contributed by atoms with van der Waals surface area (Å²) in [7, 11) is 0.